The second-order valence-corrected chi connectivity index (χ2v) is 3.94. The number of nitrogens with zero attached hydrogens (tertiary/aromatic N) is 2. The van der Waals surface area contributed by atoms with Crippen molar-refractivity contribution in [3.8, 4) is 0 Å². The van der Waals surface area contributed by atoms with Crippen molar-refractivity contribution in [3.05, 3.63) is 65.6 Å². The first-order chi connectivity index (χ1) is 8.40. The summed E-state index contributed by atoms with van der Waals surface area (Å²) in [6, 6.07) is 16.2. The summed E-state index contributed by atoms with van der Waals surface area (Å²) in [5.41, 5.74) is 1.83. The normalized spacial score (nSPS) is 10.5. The van der Waals surface area contributed by atoms with Crippen LogP contribution in [0.25, 0.3) is 26.5 Å². The minimum Gasteiger partial charge on any atom is -0.310 e. The van der Waals surface area contributed by atoms with Gasteiger partial charge < -0.3 is 4.85 Å². The van der Waals surface area contributed by atoms with Crippen molar-refractivity contribution < 1.29 is 0 Å². The smallest absolute Gasteiger partial charge is 0.256 e. The van der Waals surface area contributed by atoms with Crippen LogP contribution < -0.4 is 0 Å². The van der Waals surface area contributed by atoms with Gasteiger partial charge in [0.1, 0.15) is 5.69 Å². The summed E-state index contributed by atoms with van der Waals surface area (Å²) >= 11 is 0. The standard InChI is InChI=1S/C15H10N2/c1-16-10-15-13-8-3-2-6-11(13)12-7-4-5-9-14(12)17-15/h2-9H,10H2. The third-order valence-corrected chi connectivity index (χ3v) is 2.92. The van der Waals surface area contributed by atoms with Crippen molar-refractivity contribution in [2.75, 3.05) is 0 Å². The number of rotatable bonds is 1. The van der Waals surface area contributed by atoms with Crippen LogP contribution in [0.5, 0.6) is 0 Å². The van der Waals surface area contributed by atoms with Gasteiger partial charge in [-0.15, -0.1) is 0 Å². The van der Waals surface area contributed by atoms with Crippen LogP contribution in [0.1, 0.15) is 5.69 Å². The van der Waals surface area contributed by atoms with Gasteiger partial charge in [0.05, 0.1) is 5.52 Å². The van der Waals surface area contributed by atoms with Crippen molar-refractivity contribution in [3.63, 3.8) is 0 Å². The monoisotopic (exact) mass is 218 g/mol. The Kier molecular flexibility index (Phi) is 2.23. The molecule has 0 radical (unpaired) electrons. The topological polar surface area (TPSA) is 17.2 Å². The predicted molar refractivity (Wildman–Crippen MR) is 69.6 cm³/mol. The molecule has 2 nitrogen and oxygen atoms in total. The fourth-order valence-corrected chi connectivity index (χ4v) is 2.17. The molecule has 3 rings (SSSR count). The summed E-state index contributed by atoms with van der Waals surface area (Å²) < 4.78 is 0. The lowest BCUT2D eigenvalue weighted by atomic mass is 10.0. The molecule has 1 heterocycles. The zero-order chi connectivity index (χ0) is 11.7. The molecule has 0 unspecified atom stereocenters. The predicted octanol–water partition coefficient (Wildman–Crippen LogP) is 3.81. The lowest BCUT2D eigenvalue weighted by Crippen LogP contribution is -1.91. The Bertz CT molecular complexity index is 739. The van der Waals surface area contributed by atoms with E-state index in [0.717, 1.165) is 22.0 Å². The highest BCUT2D eigenvalue weighted by molar-refractivity contribution is 6.06. The fraction of sp³-hybridized carbons (Fsp3) is 0.0667. The van der Waals surface area contributed by atoms with Crippen LogP contribution in [0, 0.1) is 6.57 Å². The Morgan fingerprint density at radius 2 is 1.53 bits per heavy atom. The zero-order valence-corrected chi connectivity index (χ0v) is 9.22. The van der Waals surface area contributed by atoms with Crippen LogP contribution in [0.2, 0.25) is 0 Å². The molecule has 3 aromatic rings. The van der Waals surface area contributed by atoms with Crippen LogP contribution in [-0.4, -0.2) is 4.98 Å². The van der Waals surface area contributed by atoms with Gasteiger partial charge in [0, 0.05) is 10.8 Å². The van der Waals surface area contributed by atoms with Gasteiger partial charge in [0.25, 0.3) is 6.54 Å². The highest BCUT2D eigenvalue weighted by Gasteiger charge is 2.08. The molecule has 0 spiro atoms. The minimum atomic E-state index is 0.339. The zero-order valence-electron chi connectivity index (χ0n) is 9.22. The van der Waals surface area contributed by atoms with E-state index in [9.17, 15) is 0 Å². The van der Waals surface area contributed by atoms with Crippen LogP contribution >= 0.6 is 0 Å². The van der Waals surface area contributed by atoms with Gasteiger partial charge in [-0.2, -0.15) is 0 Å². The largest absolute Gasteiger partial charge is 0.310 e. The van der Waals surface area contributed by atoms with Gasteiger partial charge in [-0.1, -0.05) is 42.5 Å². The van der Waals surface area contributed by atoms with Crippen LogP contribution in [0.15, 0.2) is 48.5 Å². The van der Waals surface area contributed by atoms with E-state index in [-0.39, 0.29) is 0 Å². The summed E-state index contributed by atoms with van der Waals surface area (Å²) in [5, 5.41) is 3.41. The maximum Gasteiger partial charge on any atom is 0.256 e. The van der Waals surface area contributed by atoms with E-state index in [2.05, 4.69) is 22.0 Å². The van der Waals surface area contributed by atoms with Gasteiger partial charge in [-0.3, -0.25) is 0 Å². The van der Waals surface area contributed by atoms with Crippen LogP contribution in [0.3, 0.4) is 0 Å². The van der Waals surface area contributed by atoms with Crippen LogP contribution in [-0.2, 0) is 6.54 Å². The van der Waals surface area contributed by atoms with E-state index < -0.39 is 0 Å². The Morgan fingerprint density at radius 1 is 0.882 bits per heavy atom. The molecule has 0 atom stereocenters. The van der Waals surface area contributed by atoms with Crippen LogP contribution in [0.4, 0.5) is 0 Å². The van der Waals surface area contributed by atoms with Crippen molar-refractivity contribution in [2.45, 2.75) is 6.54 Å². The quantitative estimate of drug-likeness (QED) is 0.448. The van der Waals surface area contributed by atoms with Crippen molar-refractivity contribution in [1.82, 2.24) is 4.98 Å². The van der Waals surface area contributed by atoms with Gasteiger partial charge in [-0.25, -0.2) is 11.6 Å². The Morgan fingerprint density at radius 3 is 2.29 bits per heavy atom. The van der Waals surface area contributed by atoms with E-state index >= 15 is 0 Å². The minimum absolute atomic E-state index is 0.339. The molecule has 2 heteroatoms. The van der Waals surface area contributed by atoms with Gasteiger partial charge in [-0.05, 0) is 11.5 Å². The third kappa shape index (κ3) is 1.53. The molecule has 2 aromatic carbocycles. The lowest BCUT2D eigenvalue weighted by Gasteiger charge is -2.05. The summed E-state index contributed by atoms with van der Waals surface area (Å²) in [4.78, 5) is 8.03. The van der Waals surface area contributed by atoms with E-state index in [1.54, 1.807) is 0 Å². The Hall–Kier alpha value is -2.40. The highest BCUT2D eigenvalue weighted by atomic mass is 14.8. The molecular weight excluding hydrogens is 208 g/mol. The Labute approximate surface area is 99.3 Å². The van der Waals surface area contributed by atoms with Gasteiger partial charge >= 0.3 is 0 Å². The molecule has 0 fully saturated rings. The first-order valence-electron chi connectivity index (χ1n) is 5.50. The van der Waals surface area contributed by atoms with Gasteiger partial charge in [0.2, 0.25) is 0 Å². The SMILES string of the molecule is [C-]#[N+]Cc1nc2ccccc2c2ccccc12. The molecule has 0 amide bonds. The number of hydrogen-bond donors (Lipinski definition) is 0. The summed E-state index contributed by atoms with van der Waals surface area (Å²) in [6.45, 7) is 7.35. The molecule has 80 valence electrons. The molecular formula is C15H10N2. The maximum atomic E-state index is 7.01. The highest BCUT2D eigenvalue weighted by Crippen LogP contribution is 2.26. The fourth-order valence-electron chi connectivity index (χ4n) is 2.17. The average molecular weight is 218 g/mol. The molecule has 0 saturated carbocycles. The molecule has 17 heavy (non-hydrogen) atoms. The van der Waals surface area contributed by atoms with E-state index in [1.807, 2.05) is 36.4 Å². The molecule has 0 aliphatic rings. The second kappa shape index (κ2) is 3.88. The molecule has 0 saturated heterocycles. The number of hydrogen-bond acceptors (Lipinski definition) is 1. The Balaban J connectivity index is 2.51. The number of fused-ring (bicyclic) bond motifs is 3. The average Bonchev–Trinajstić information content (AvgIpc) is 2.39. The number of pyridine rings is 1. The number of aromatic nitrogens is 1. The van der Waals surface area contributed by atoms with Crippen molar-refractivity contribution in [2.24, 2.45) is 0 Å². The van der Waals surface area contributed by atoms with E-state index in [0.29, 0.717) is 6.54 Å². The molecule has 0 aliphatic carbocycles. The summed E-state index contributed by atoms with van der Waals surface area (Å²) in [7, 11) is 0. The van der Waals surface area contributed by atoms with Gasteiger partial charge in [0.15, 0.2) is 0 Å². The lowest BCUT2D eigenvalue weighted by molar-refractivity contribution is 1.17. The number of para-hydroxylation sites is 1. The molecule has 0 N–H and O–H groups in total. The molecule has 0 bridgehead atoms. The van der Waals surface area contributed by atoms with Crippen molar-refractivity contribution in [1.29, 1.82) is 0 Å². The first-order valence-corrected chi connectivity index (χ1v) is 5.50. The van der Waals surface area contributed by atoms with E-state index in [4.69, 9.17) is 6.57 Å². The second-order valence-electron chi connectivity index (χ2n) is 3.94. The third-order valence-electron chi connectivity index (χ3n) is 2.92. The maximum absolute atomic E-state index is 7.01. The summed E-state index contributed by atoms with van der Waals surface area (Å²) in [6.07, 6.45) is 0. The molecule has 1 aromatic heterocycles. The van der Waals surface area contributed by atoms with Crippen molar-refractivity contribution >= 4 is 21.7 Å². The summed E-state index contributed by atoms with van der Waals surface area (Å²) in [5.74, 6) is 0. The van der Waals surface area contributed by atoms with E-state index in [1.165, 1.54) is 5.39 Å². The number of benzene rings is 2. The first kappa shape index (κ1) is 9.80. The molecule has 0 aliphatic heterocycles.